The molecule has 0 saturated carbocycles. The maximum atomic E-state index is 12.6. The van der Waals surface area contributed by atoms with Crippen molar-refractivity contribution in [2.45, 2.75) is 26.5 Å². The van der Waals surface area contributed by atoms with Crippen molar-refractivity contribution in [3.8, 4) is 17.0 Å². The second-order valence-corrected chi connectivity index (χ2v) is 6.50. The lowest BCUT2D eigenvalue weighted by atomic mass is 10.1. The molecule has 0 aliphatic carbocycles. The molecular formula is C21H22F3N3O3. The minimum absolute atomic E-state index is 0.0604. The monoisotopic (exact) mass is 421 g/mol. The number of nitrogens with two attached hydrogens (primary N) is 1. The van der Waals surface area contributed by atoms with Gasteiger partial charge in [-0.25, -0.2) is 9.18 Å². The molecule has 30 heavy (non-hydrogen) atoms. The van der Waals surface area contributed by atoms with Crippen LogP contribution in [-0.4, -0.2) is 30.6 Å². The van der Waals surface area contributed by atoms with Crippen LogP contribution in [0.5, 0.6) is 5.75 Å². The van der Waals surface area contributed by atoms with E-state index < -0.39 is 19.4 Å². The van der Waals surface area contributed by atoms with E-state index in [2.05, 4.69) is 14.8 Å². The highest BCUT2D eigenvalue weighted by Gasteiger charge is 2.18. The molecule has 1 aromatic heterocycles. The van der Waals surface area contributed by atoms with Crippen LogP contribution in [0.15, 0.2) is 42.5 Å². The lowest BCUT2D eigenvalue weighted by molar-refractivity contribution is -0.0497. The summed E-state index contributed by atoms with van der Waals surface area (Å²) in [5.74, 6) is 0.0604. The molecule has 1 heterocycles. The van der Waals surface area contributed by atoms with Gasteiger partial charge in [0.1, 0.15) is 19.0 Å². The minimum atomic E-state index is -2.91. The number of rotatable bonds is 8. The second kappa shape index (κ2) is 9.43. The first-order valence-corrected chi connectivity index (χ1v) is 9.41. The van der Waals surface area contributed by atoms with Gasteiger partial charge in [0.15, 0.2) is 0 Å². The van der Waals surface area contributed by atoms with Gasteiger partial charge in [-0.05, 0) is 30.7 Å². The highest BCUT2D eigenvalue weighted by Crippen LogP contribution is 2.38. The Morgan fingerprint density at radius 2 is 1.93 bits per heavy atom. The average Bonchev–Trinajstić information content (AvgIpc) is 2.98. The van der Waals surface area contributed by atoms with Crippen molar-refractivity contribution in [1.82, 2.24) is 4.57 Å². The van der Waals surface area contributed by atoms with Gasteiger partial charge in [0.25, 0.3) is 0 Å². The SMILES string of the molecule is CCCn1c(-c2ccc(NC(=O)OCCF)cc2)c(N)c2ccc(OC(F)F)cc21. The highest BCUT2D eigenvalue weighted by atomic mass is 19.3. The molecule has 3 N–H and O–H groups in total. The molecule has 9 heteroatoms. The summed E-state index contributed by atoms with van der Waals surface area (Å²) in [6, 6.07) is 11.6. The Morgan fingerprint density at radius 1 is 1.20 bits per heavy atom. The fourth-order valence-electron chi connectivity index (χ4n) is 3.30. The standard InChI is InChI=1S/C21H22F3N3O3/c1-2-10-27-17-12-15(30-20(23)24)7-8-16(17)18(25)19(27)13-3-5-14(6-4-13)26-21(28)29-11-9-22/h3-8,12,20H,2,9-11,25H2,1H3,(H,26,28). The van der Waals surface area contributed by atoms with E-state index in [0.717, 1.165) is 23.1 Å². The molecule has 6 nitrogen and oxygen atoms in total. The number of nitrogen functional groups attached to an aromatic ring is 1. The molecule has 1 amide bonds. The maximum absolute atomic E-state index is 12.6. The molecule has 0 atom stereocenters. The van der Waals surface area contributed by atoms with E-state index in [1.165, 1.54) is 6.07 Å². The van der Waals surface area contributed by atoms with Crippen LogP contribution in [0.25, 0.3) is 22.2 Å². The summed E-state index contributed by atoms with van der Waals surface area (Å²) < 4.78 is 48.4. The van der Waals surface area contributed by atoms with Crippen LogP contribution in [0.2, 0.25) is 0 Å². The molecule has 0 saturated heterocycles. The lowest BCUT2D eigenvalue weighted by Crippen LogP contribution is -2.14. The zero-order valence-corrected chi connectivity index (χ0v) is 16.3. The lowest BCUT2D eigenvalue weighted by Gasteiger charge is -2.12. The van der Waals surface area contributed by atoms with Gasteiger partial charge in [-0.2, -0.15) is 8.78 Å². The van der Waals surface area contributed by atoms with Gasteiger partial charge in [-0.15, -0.1) is 0 Å². The van der Waals surface area contributed by atoms with E-state index in [0.29, 0.717) is 23.4 Å². The number of hydrogen-bond donors (Lipinski definition) is 2. The van der Waals surface area contributed by atoms with Gasteiger partial charge >= 0.3 is 12.7 Å². The van der Waals surface area contributed by atoms with E-state index >= 15 is 0 Å². The van der Waals surface area contributed by atoms with Crippen molar-refractivity contribution in [3.63, 3.8) is 0 Å². The summed E-state index contributed by atoms with van der Waals surface area (Å²) in [7, 11) is 0. The van der Waals surface area contributed by atoms with Crippen LogP contribution < -0.4 is 15.8 Å². The van der Waals surface area contributed by atoms with Crippen molar-refractivity contribution < 1.29 is 27.4 Å². The number of aromatic nitrogens is 1. The number of aryl methyl sites for hydroxylation is 1. The van der Waals surface area contributed by atoms with Crippen molar-refractivity contribution in [2.75, 3.05) is 24.3 Å². The van der Waals surface area contributed by atoms with Crippen LogP contribution in [0.4, 0.5) is 29.3 Å². The number of hydrogen-bond acceptors (Lipinski definition) is 4. The number of fused-ring (bicyclic) bond motifs is 1. The fraction of sp³-hybridized carbons (Fsp3) is 0.286. The number of nitrogens with zero attached hydrogens (tertiary/aromatic N) is 1. The van der Waals surface area contributed by atoms with Crippen molar-refractivity contribution in [2.24, 2.45) is 0 Å². The van der Waals surface area contributed by atoms with Crippen molar-refractivity contribution in [3.05, 3.63) is 42.5 Å². The molecule has 0 fully saturated rings. The Morgan fingerprint density at radius 3 is 2.57 bits per heavy atom. The second-order valence-electron chi connectivity index (χ2n) is 6.50. The van der Waals surface area contributed by atoms with Crippen molar-refractivity contribution >= 4 is 28.4 Å². The summed E-state index contributed by atoms with van der Waals surface area (Å²) in [4.78, 5) is 11.6. The highest BCUT2D eigenvalue weighted by molar-refractivity contribution is 6.01. The van der Waals surface area contributed by atoms with Crippen LogP contribution in [0.3, 0.4) is 0 Å². The van der Waals surface area contributed by atoms with Gasteiger partial charge in [-0.3, -0.25) is 5.32 Å². The zero-order valence-electron chi connectivity index (χ0n) is 16.3. The van der Waals surface area contributed by atoms with E-state index in [1.807, 2.05) is 11.5 Å². The van der Waals surface area contributed by atoms with Crippen molar-refractivity contribution in [1.29, 1.82) is 0 Å². The zero-order chi connectivity index (χ0) is 21.7. The quantitative estimate of drug-likeness (QED) is 0.509. The Bertz CT molecular complexity index is 1020. The molecule has 0 spiro atoms. The third-order valence-electron chi connectivity index (χ3n) is 4.46. The van der Waals surface area contributed by atoms with E-state index in [4.69, 9.17) is 5.73 Å². The number of amides is 1. The first kappa shape index (κ1) is 21.4. The van der Waals surface area contributed by atoms with E-state index in [-0.39, 0.29) is 12.4 Å². The summed E-state index contributed by atoms with van der Waals surface area (Å²) in [6.07, 6.45) is 0.0579. The maximum Gasteiger partial charge on any atom is 0.411 e. The number of nitrogens with one attached hydrogen (secondary N) is 1. The number of ether oxygens (including phenoxy) is 2. The van der Waals surface area contributed by atoms with Crippen LogP contribution >= 0.6 is 0 Å². The van der Waals surface area contributed by atoms with Crippen LogP contribution in [0.1, 0.15) is 13.3 Å². The molecule has 0 aliphatic rings. The van der Waals surface area contributed by atoms with Crippen LogP contribution in [-0.2, 0) is 11.3 Å². The van der Waals surface area contributed by atoms with Gasteiger partial charge in [0.2, 0.25) is 0 Å². The first-order chi connectivity index (χ1) is 14.4. The molecular weight excluding hydrogens is 399 g/mol. The van der Waals surface area contributed by atoms with E-state index in [1.54, 1.807) is 36.4 Å². The van der Waals surface area contributed by atoms with Gasteiger partial charge in [-0.1, -0.05) is 19.1 Å². The molecule has 0 aliphatic heterocycles. The number of alkyl halides is 3. The van der Waals surface area contributed by atoms with Gasteiger partial charge in [0, 0.05) is 29.2 Å². The molecule has 2 aromatic carbocycles. The number of carbonyl (C=O) groups is 1. The summed E-state index contributed by atoms with van der Waals surface area (Å²) in [5.41, 5.74) is 9.61. The topological polar surface area (TPSA) is 78.5 Å². The molecule has 3 aromatic rings. The van der Waals surface area contributed by atoms with Crippen LogP contribution in [0, 0.1) is 0 Å². The molecule has 160 valence electrons. The molecule has 0 radical (unpaired) electrons. The number of carbonyl (C=O) groups excluding carboxylic acids is 1. The minimum Gasteiger partial charge on any atom is -0.447 e. The Hall–Kier alpha value is -3.36. The summed E-state index contributed by atoms with van der Waals surface area (Å²) in [5, 5.41) is 3.24. The third-order valence-corrected chi connectivity index (χ3v) is 4.46. The predicted octanol–water partition coefficient (Wildman–Crippen LogP) is 5.42. The summed E-state index contributed by atoms with van der Waals surface area (Å²) in [6.45, 7) is -1.35. The number of anilines is 2. The number of halogens is 3. The van der Waals surface area contributed by atoms with Gasteiger partial charge in [0.05, 0.1) is 16.9 Å². The Balaban J connectivity index is 1.97. The normalized spacial score (nSPS) is 11.1. The Labute approximate surface area is 171 Å². The molecule has 3 rings (SSSR count). The predicted molar refractivity (Wildman–Crippen MR) is 110 cm³/mol. The average molecular weight is 421 g/mol. The smallest absolute Gasteiger partial charge is 0.411 e. The van der Waals surface area contributed by atoms with E-state index in [9.17, 15) is 18.0 Å². The summed E-state index contributed by atoms with van der Waals surface area (Å²) >= 11 is 0. The number of benzene rings is 2. The molecule has 0 bridgehead atoms. The first-order valence-electron chi connectivity index (χ1n) is 9.41. The fourth-order valence-corrected chi connectivity index (χ4v) is 3.30. The largest absolute Gasteiger partial charge is 0.447 e. The Kier molecular flexibility index (Phi) is 6.71. The molecule has 0 unspecified atom stereocenters. The third kappa shape index (κ3) is 4.61. The van der Waals surface area contributed by atoms with Gasteiger partial charge < -0.3 is 19.8 Å².